The first-order valence-electron chi connectivity index (χ1n) is 6.73. The number of aryl methyl sites for hydroxylation is 1. The zero-order chi connectivity index (χ0) is 14.7. The third kappa shape index (κ3) is 3.57. The number of imidazole rings is 1. The van der Waals surface area contributed by atoms with E-state index in [2.05, 4.69) is 4.98 Å². The maximum Gasteiger partial charge on any atom is 0.303 e. The van der Waals surface area contributed by atoms with Crippen molar-refractivity contribution < 1.29 is 14.7 Å². The van der Waals surface area contributed by atoms with Gasteiger partial charge < -0.3 is 20.3 Å². The average molecular weight is 280 g/mol. The van der Waals surface area contributed by atoms with Crippen LogP contribution in [0, 0.1) is 0 Å². The molecule has 110 valence electrons. The molecule has 1 amide bonds. The topological polar surface area (TPSA) is 101 Å². The second-order valence-corrected chi connectivity index (χ2v) is 5.19. The van der Waals surface area contributed by atoms with Gasteiger partial charge in [0, 0.05) is 31.9 Å². The highest BCUT2D eigenvalue weighted by atomic mass is 16.4. The molecule has 20 heavy (non-hydrogen) atoms. The number of aliphatic carboxylic acids is 1. The Morgan fingerprint density at radius 2 is 2.30 bits per heavy atom. The molecule has 1 atom stereocenters. The van der Waals surface area contributed by atoms with Crippen molar-refractivity contribution in [3.8, 4) is 0 Å². The van der Waals surface area contributed by atoms with Crippen molar-refractivity contribution in [3.63, 3.8) is 0 Å². The summed E-state index contributed by atoms with van der Waals surface area (Å²) in [6.07, 6.45) is 5.54. The van der Waals surface area contributed by atoms with E-state index in [1.807, 2.05) is 17.8 Å². The first-order chi connectivity index (χ1) is 9.49. The first kappa shape index (κ1) is 14.5. The number of nitrogens with zero attached hydrogens (tertiary/aromatic N) is 3. The van der Waals surface area contributed by atoms with Crippen molar-refractivity contribution >= 4 is 11.9 Å². The SMILES string of the molecule is Cn1ccnc1CN(C(=O)C(N)CCC(=O)O)C1CC1. The number of rotatable bonds is 7. The van der Waals surface area contributed by atoms with E-state index in [0.717, 1.165) is 18.7 Å². The number of hydrogen-bond acceptors (Lipinski definition) is 4. The minimum Gasteiger partial charge on any atom is -0.481 e. The second-order valence-electron chi connectivity index (χ2n) is 5.19. The van der Waals surface area contributed by atoms with Crippen LogP contribution in [0.5, 0.6) is 0 Å². The van der Waals surface area contributed by atoms with Crippen molar-refractivity contribution in [3.05, 3.63) is 18.2 Å². The summed E-state index contributed by atoms with van der Waals surface area (Å²) >= 11 is 0. The van der Waals surface area contributed by atoms with E-state index < -0.39 is 12.0 Å². The molecule has 7 nitrogen and oxygen atoms in total. The predicted molar refractivity (Wildman–Crippen MR) is 71.6 cm³/mol. The van der Waals surface area contributed by atoms with Gasteiger partial charge in [-0.2, -0.15) is 0 Å². The quantitative estimate of drug-likeness (QED) is 0.737. The molecule has 1 fully saturated rings. The average Bonchev–Trinajstić information content (AvgIpc) is 3.16. The van der Waals surface area contributed by atoms with Crippen molar-refractivity contribution in [1.29, 1.82) is 0 Å². The summed E-state index contributed by atoms with van der Waals surface area (Å²) in [7, 11) is 1.88. The highest BCUT2D eigenvalue weighted by molar-refractivity contribution is 5.82. The molecule has 2 rings (SSSR count). The summed E-state index contributed by atoms with van der Waals surface area (Å²) in [5.41, 5.74) is 5.82. The second kappa shape index (κ2) is 6.04. The number of amides is 1. The Bertz CT molecular complexity index is 496. The molecule has 3 N–H and O–H groups in total. The van der Waals surface area contributed by atoms with Crippen molar-refractivity contribution in [2.45, 2.75) is 44.3 Å². The standard InChI is InChI=1S/C13H20N4O3/c1-16-7-6-15-11(16)8-17(9-2-3-9)13(20)10(14)4-5-12(18)19/h6-7,9-10H,2-5,8,14H2,1H3,(H,18,19). The monoisotopic (exact) mass is 280 g/mol. The van der Waals surface area contributed by atoms with E-state index in [1.54, 1.807) is 11.1 Å². The number of nitrogens with two attached hydrogens (primary N) is 1. The van der Waals surface area contributed by atoms with E-state index in [0.29, 0.717) is 6.54 Å². The summed E-state index contributed by atoms with van der Waals surface area (Å²) in [6, 6.07) is -0.540. The normalized spacial score (nSPS) is 15.9. The van der Waals surface area contributed by atoms with Crippen LogP contribution in [0.3, 0.4) is 0 Å². The van der Waals surface area contributed by atoms with E-state index in [1.165, 1.54) is 0 Å². The lowest BCUT2D eigenvalue weighted by Crippen LogP contribution is -2.45. The van der Waals surface area contributed by atoms with Gasteiger partial charge in [0.15, 0.2) is 0 Å². The molecule has 0 aliphatic heterocycles. The number of aromatic nitrogens is 2. The summed E-state index contributed by atoms with van der Waals surface area (Å²) < 4.78 is 1.87. The van der Waals surface area contributed by atoms with Gasteiger partial charge in [-0.05, 0) is 19.3 Å². The summed E-state index contributed by atoms with van der Waals surface area (Å²) in [4.78, 5) is 28.8. The third-order valence-corrected chi connectivity index (χ3v) is 3.49. The lowest BCUT2D eigenvalue weighted by atomic mass is 10.1. The summed E-state index contributed by atoms with van der Waals surface area (Å²) in [5, 5.41) is 8.65. The van der Waals surface area contributed by atoms with Crippen LogP contribution >= 0.6 is 0 Å². The number of carboxylic acid groups (broad SMARTS) is 1. The molecule has 0 spiro atoms. The van der Waals surface area contributed by atoms with Gasteiger partial charge in [0.25, 0.3) is 0 Å². The maximum absolute atomic E-state index is 12.3. The third-order valence-electron chi connectivity index (χ3n) is 3.49. The van der Waals surface area contributed by atoms with Crippen LogP contribution < -0.4 is 5.73 Å². The van der Waals surface area contributed by atoms with Gasteiger partial charge in [0.05, 0.1) is 12.6 Å². The molecule has 1 saturated carbocycles. The summed E-state index contributed by atoms with van der Waals surface area (Å²) in [6.45, 7) is 0.424. The van der Waals surface area contributed by atoms with Crippen LogP contribution in [-0.2, 0) is 23.2 Å². The highest BCUT2D eigenvalue weighted by Gasteiger charge is 2.35. The van der Waals surface area contributed by atoms with Crippen LogP contribution in [0.4, 0.5) is 0 Å². The fourth-order valence-electron chi connectivity index (χ4n) is 2.09. The Labute approximate surface area is 117 Å². The zero-order valence-corrected chi connectivity index (χ0v) is 11.5. The van der Waals surface area contributed by atoms with Crippen LogP contribution in [-0.4, -0.2) is 43.5 Å². The molecule has 0 saturated heterocycles. The number of carbonyl (C=O) groups excluding carboxylic acids is 1. The first-order valence-corrected chi connectivity index (χ1v) is 6.73. The Hall–Kier alpha value is -1.89. The van der Waals surface area contributed by atoms with Crippen molar-refractivity contribution in [2.24, 2.45) is 12.8 Å². The highest BCUT2D eigenvalue weighted by Crippen LogP contribution is 2.28. The number of carbonyl (C=O) groups is 2. The summed E-state index contributed by atoms with van der Waals surface area (Å²) in [5.74, 6) is -0.317. The Balaban J connectivity index is 1.99. The zero-order valence-electron chi connectivity index (χ0n) is 11.5. The fourth-order valence-corrected chi connectivity index (χ4v) is 2.09. The van der Waals surface area contributed by atoms with Gasteiger partial charge in [-0.25, -0.2) is 4.98 Å². The molecular weight excluding hydrogens is 260 g/mol. The largest absolute Gasteiger partial charge is 0.481 e. The Morgan fingerprint density at radius 3 is 2.80 bits per heavy atom. The van der Waals surface area contributed by atoms with Gasteiger partial charge >= 0.3 is 5.97 Å². The Morgan fingerprint density at radius 1 is 1.60 bits per heavy atom. The van der Waals surface area contributed by atoms with Gasteiger partial charge in [-0.15, -0.1) is 0 Å². The smallest absolute Gasteiger partial charge is 0.303 e. The molecule has 0 radical (unpaired) electrons. The lowest BCUT2D eigenvalue weighted by molar-refractivity contribution is -0.138. The van der Waals surface area contributed by atoms with Gasteiger partial charge in [-0.1, -0.05) is 0 Å². The Kier molecular flexibility index (Phi) is 4.39. The molecule has 0 aromatic carbocycles. The molecule has 1 aliphatic rings. The minimum atomic E-state index is -0.935. The molecule has 1 aromatic rings. The molecular formula is C13H20N4O3. The van der Waals surface area contributed by atoms with Crippen LogP contribution in [0.15, 0.2) is 12.4 Å². The molecule has 1 unspecified atom stereocenters. The van der Waals surface area contributed by atoms with Crippen molar-refractivity contribution in [1.82, 2.24) is 14.5 Å². The molecule has 0 bridgehead atoms. The predicted octanol–water partition coefficient (Wildman–Crippen LogP) is 0.103. The fraction of sp³-hybridized carbons (Fsp3) is 0.615. The van der Waals surface area contributed by atoms with E-state index >= 15 is 0 Å². The molecule has 1 aliphatic carbocycles. The maximum atomic E-state index is 12.3. The van der Waals surface area contributed by atoms with E-state index in [-0.39, 0.29) is 24.8 Å². The van der Waals surface area contributed by atoms with E-state index in [9.17, 15) is 9.59 Å². The van der Waals surface area contributed by atoms with E-state index in [4.69, 9.17) is 10.8 Å². The molecule has 7 heteroatoms. The van der Waals surface area contributed by atoms with Gasteiger partial charge in [0.2, 0.25) is 5.91 Å². The van der Waals surface area contributed by atoms with Crippen LogP contribution in [0.1, 0.15) is 31.5 Å². The van der Waals surface area contributed by atoms with Crippen LogP contribution in [0.2, 0.25) is 0 Å². The van der Waals surface area contributed by atoms with Gasteiger partial charge in [-0.3, -0.25) is 9.59 Å². The minimum absolute atomic E-state index is 0.0895. The molecule has 1 heterocycles. The molecule has 1 aromatic heterocycles. The van der Waals surface area contributed by atoms with Crippen LogP contribution in [0.25, 0.3) is 0 Å². The van der Waals surface area contributed by atoms with Crippen molar-refractivity contribution in [2.75, 3.05) is 0 Å². The number of carboxylic acids is 1. The lowest BCUT2D eigenvalue weighted by Gasteiger charge is -2.25. The number of hydrogen-bond donors (Lipinski definition) is 2. The van der Waals surface area contributed by atoms with Gasteiger partial charge in [0.1, 0.15) is 5.82 Å².